The zero-order valence-corrected chi connectivity index (χ0v) is 12.0. The van der Waals surface area contributed by atoms with Gasteiger partial charge in [-0.05, 0) is 58.7 Å². The van der Waals surface area contributed by atoms with Crippen LogP contribution in [0.25, 0.3) is 0 Å². The fourth-order valence-electron chi connectivity index (χ4n) is 2.88. The van der Waals surface area contributed by atoms with E-state index in [2.05, 4.69) is 33.9 Å². The van der Waals surface area contributed by atoms with Crippen LogP contribution in [0.1, 0.15) is 38.2 Å². The molecule has 0 aliphatic heterocycles. The maximum atomic E-state index is 6.35. The van der Waals surface area contributed by atoms with Gasteiger partial charge in [-0.15, -0.1) is 0 Å². The summed E-state index contributed by atoms with van der Waals surface area (Å²) in [5, 5.41) is 0. The SMILES string of the molecule is CC1CCCC(C(N)Cc2cncc(Br)c2)C1. The molecule has 1 aromatic rings. The molecule has 2 nitrogen and oxygen atoms in total. The Labute approximate surface area is 112 Å². The molecule has 2 N–H and O–H groups in total. The van der Waals surface area contributed by atoms with Crippen LogP contribution in [0.2, 0.25) is 0 Å². The van der Waals surface area contributed by atoms with Gasteiger partial charge in [-0.3, -0.25) is 4.98 Å². The van der Waals surface area contributed by atoms with E-state index in [1.54, 1.807) is 0 Å². The van der Waals surface area contributed by atoms with Crippen molar-refractivity contribution in [3.05, 3.63) is 28.5 Å². The van der Waals surface area contributed by atoms with Gasteiger partial charge in [0.1, 0.15) is 0 Å². The lowest BCUT2D eigenvalue weighted by molar-refractivity contribution is 0.245. The number of hydrogen-bond acceptors (Lipinski definition) is 2. The highest BCUT2D eigenvalue weighted by atomic mass is 79.9. The maximum Gasteiger partial charge on any atom is 0.0410 e. The molecule has 3 heteroatoms. The minimum absolute atomic E-state index is 0.286. The smallest absolute Gasteiger partial charge is 0.0410 e. The van der Waals surface area contributed by atoms with Gasteiger partial charge in [0, 0.05) is 22.9 Å². The van der Waals surface area contributed by atoms with Crippen LogP contribution >= 0.6 is 15.9 Å². The second-order valence-corrected chi connectivity index (χ2v) is 6.33. The molecule has 0 aromatic carbocycles. The predicted molar refractivity (Wildman–Crippen MR) is 74.7 cm³/mol. The number of aromatic nitrogens is 1. The first-order valence-electron chi connectivity index (χ1n) is 6.50. The third-order valence-corrected chi connectivity index (χ3v) is 4.25. The molecule has 3 atom stereocenters. The van der Waals surface area contributed by atoms with Crippen molar-refractivity contribution in [3.8, 4) is 0 Å². The van der Waals surface area contributed by atoms with Crippen molar-refractivity contribution in [2.45, 2.75) is 45.1 Å². The van der Waals surface area contributed by atoms with Gasteiger partial charge in [-0.1, -0.05) is 19.8 Å². The van der Waals surface area contributed by atoms with E-state index < -0.39 is 0 Å². The van der Waals surface area contributed by atoms with Crippen molar-refractivity contribution in [1.29, 1.82) is 0 Å². The van der Waals surface area contributed by atoms with E-state index >= 15 is 0 Å². The van der Waals surface area contributed by atoms with Gasteiger partial charge >= 0.3 is 0 Å². The minimum atomic E-state index is 0.286. The Morgan fingerprint density at radius 1 is 1.47 bits per heavy atom. The zero-order valence-electron chi connectivity index (χ0n) is 10.4. The Hall–Kier alpha value is -0.410. The molecular weight excluding hydrogens is 276 g/mol. The molecule has 1 aliphatic rings. The molecule has 1 fully saturated rings. The lowest BCUT2D eigenvalue weighted by Gasteiger charge is -2.31. The lowest BCUT2D eigenvalue weighted by Crippen LogP contribution is -2.35. The van der Waals surface area contributed by atoms with E-state index in [-0.39, 0.29) is 6.04 Å². The first-order valence-corrected chi connectivity index (χ1v) is 7.29. The van der Waals surface area contributed by atoms with E-state index in [0.717, 1.165) is 16.8 Å². The average Bonchev–Trinajstić information content (AvgIpc) is 2.29. The highest BCUT2D eigenvalue weighted by Gasteiger charge is 2.24. The fraction of sp³-hybridized carbons (Fsp3) is 0.643. The van der Waals surface area contributed by atoms with Gasteiger partial charge in [0.05, 0.1) is 0 Å². The molecular formula is C14H21BrN2. The molecule has 0 spiro atoms. The van der Waals surface area contributed by atoms with Gasteiger partial charge in [0.15, 0.2) is 0 Å². The zero-order chi connectivity index (χ0) is 12.3. The lowest BCUT2D eigenvalue weighted by atomic mass is 9.77. The molecule has 0 bridgehead atoms. The van der Waals surface area contributed by atoms with E-state index in [1.807, 2.05) is 12.4 Å². The summed E-state index contributed by atoms with van der Waals surface area (Å²) in [6.07, 6.45) is 10.0. The number of pyridine rings is 1. The van der Waals surface area contributed by atoms with Crippen LogP contribution in [0, 0.1) is 11.8 Å². The summed E-state index contributed by atoms with van der Waals surface area (Å²) in [6.45, 7) is 2.35. The van der Waals surface area contributed by atoms with Crippen LogP contribution in [-0.4, -0.2) is 11.0 Å². The summed E-state index contributed by atoms with van der Waals surface area (Å²) in [4.78, 5) is 4.19. The van der Waals surface area contributed by atoms with Crippen molar-refractivity contribution < 1.29 is 0 Å². The highest BCUT2D eigenvalue weighted by Crippen LogP contribution is 2.31. The third kappa shape index (κ3) is 3.78. The molecule has 0 saturated heterocycles. The fourth-order valence-corrected chi connectivity index (χ4v) is 3.29. The Balaban J connectivity index is 1.94. The first kappa shape index (κ1) is 13.0. The van der Waals surface area contributed by atoms with Gasteiger partial charge in [-0.25, -0.2) is 0 Å². The molecule has 0 radical (unpaired) electrons. The molecule has 1 saturated carbocycles. The van der Waals surface area contributed by atoms with Crippen molar-refractivity contribution in [3.63, 3.8) is 0 Å². The summed E-state index contributed by atoms with van der Waals surface area (Å²) in [7, 11) is 0. The summed E-state index contributed by atoms with van der Waals surface area (Å²) >= 11 is 3.45. The normalized spacial score (nSPS) is 26.8. The topological polar surface area (TPSA) is 38.9 Å². The second kappa shape index (κ2) is 5.96. The molecule has 0 amide bonds. The number of rotatable bonds is 3. The molecule has 1 aromatic heterocycles. The second-order valence-electron chi connectivity index (χ2n) is 5.41. The highest BCUT2D eigenvalue weighted by molar-refractivity contribution is 9.10. The third-order valence-electron chi connectivity index (χ3n) is 3.82. The molecule has 2 rings (SSSR count). The van der Waals surface area contributed by atoms with Crippen LogP contribution in [0.3, 0.4) is 0 Å². The minimum Gasteiger partial charge on any atom is -0.327 e. The van der Waals surface area contributed by atoms with Gasteiger partial charge in [-0.2, -0.15) is 0 Å². The first-order chi connectivity index (χ1) is 8.15. The standard InChI is InChI=1S/C14H21BrN2/c1-10-3-2-4-12(5-10)14(16)7-11-6-13(15)9-17-8-11/h6,8-10,12,14H,2-5,7,16H2,1H3. The van der Waals surface area contributed by atoms with Crippen LogP contribution in [0.5, 0.6) is 0 Å². The Bertz CT molecular complexity index is 367. The van der Waals surface area contributed by atoms with Gasteiger partial charge < -0.3 is 5.73 Å². The van der Waals surface area contributed by atoms with Crippen LogP contribution in [-0.2, 0) is 6.42 Å². The largest absolute Gasteiger partial charge is 0.327 e. The van der Waals surface area contributed by atoms with Crippen molar-refractivity contribution >= 4 is 15.9 Å². The predicted octanol–water partition coefficient (Wildman–Crippen LogP) is 3.54. The molecule has 17 heavy (non-hydrogen) atoms. The Kier molecular flexibility index (Phi) is 4.57. The summed E-state index contributed by atoms with van der Waals surface area (Å²) < 4.78 is 1.04. The number of nitrogens with two attached hydrogens (primary N) is 1. The van der Waals surface area contributed by atoms with E-state index in [1.165, 1.54) is 31.2 Å². The summed E-state index contributed by atoms with van der Waals surface area (Å²) in [5.74, 6) is 1.54. The Morgan fingerprint density at radius 2 is 2.29 bits per heavy atom. The summed E-state index contributed by atoms with van der Waals surface area (Å²) in [6, 6.07) is 2.41. The van der Waals surface area contributed by atoms with Gasteiger partial charge in [0.2, 0.25) is 0 Å². The van der Waals surface area contributed by atoms with E-state index in [9.17, 15) is 0 Å². The quantitative estimate of drug-likeness (QED) is 0.926. The molecule has 1 aliphatic carbocycles. The number of nitrogens with zero attached hydrogens (tertiary/aromatic N) is 1. The van der Waals surface area contributed by atoms with Crippen molar-refractivity contribution in [2.24, 2.45) is 17.6 Å². The number of halogens is 1. The molecule has 94 valence electrons. The molecule has 1 heterocycles. The van der Waals surface area contributed by atoms with Crippen molar-refractivity contribution in [2.75, 3.05) is 0 Å². The van der Waals surface area contributed by atoms with Crippen LogP contribution in [0.15, 0.2) is 22.9 Å². The molecule has 3 unspecified atom stereocenters. The number of hydrogen-bond donors (Lipinski definition) is 1. The van der Waals surface area contributed by atoms with E-state index in [4.69, 9.17) is 5.73 Å². The van der Waals surface area contributed by atoms with Crippen molar-refractivity contribution in [1.82, 2.24) is 4.98 Å². The Morgan fingerprint density at radius 3 is 3.00 bits per heavy atom. The van der Waals surface area contributed by atoms with Crippen LogP contribution < -0.4 is 5.73 Å². The summed E-state index contributed by atoms with van der Waals surface area (Å²) in [5.41, 5.74) is 7.59. The van der Waals surface area contributed by atoms with Crippen LogP contribution in [0.4, 0.5) is 0 Å². The maximum absolute atomic E-state index is 6.35. The monoisotopic (exact) mass is 296 g/mol. The van der Waals surface area contributed by atoms with E-state index in [0.29, 0.717) is 5.92 Å². The average molecular weight is 297 g/mol. The van der Waals surface area contributed by atoms with Gasteiger partial charge in [0.25, 0.3) is 0 Å².